The second kappa shape index (κ2) is 4.74. The van der Waals surface area contributed by atoms with Crippen LogP contribution in [0.25, 0.3) is 0 Å². The van der Waals surface area contributed by atoms with Gasteiger partial charge in [0.25, 0.3) is 0 Å². The van der Waals surface area contributed by atoms with Gasteiger partial charge < -0.3 is 5.32 Å². The van der Waals surface area contributed by atoms with Crippen molar-refractivity contribution in [2.45, 2.75) is 26.2 Å². The lowest BCUT2D eigenvalue weighted by Crippen LogP contribution is -2.15. The van der Waals surface area contributed by atoms with Gasteiger partial charge in [-0.2, -0.15) is 12.6 Å². The van der Waals surface area contributed by atoms with Gasteiger partial charge in [-0.25, -0.2) is 0 Å². The van der Waals surface area contributed by atoms with Crippen LogP contribution in [0.5, 0.6) is 0 Å². The molecule has 0 bridgehead atoms. The van der Waals surface area contributed by atoms with Crippen LogP contribution in [0, 0.1) is 0 Å². The molecule has 1 aromatic carbocycles. The van der Waals surface area contributed by atoms with Crippen LogP contribution in [-0.4, -0.2) is 12.3 Å². The molecule has 0 amide bonds. The number of benzene rings is 1. The molecule has 0 saturated heterocycles. The van der Waals surface area contributed by atoms with E-state index in [1.165, 1.54) is 11.3 Å². The van der Waals surface area contributed by atoms with E-state index >= 15 is 0 Å². The molecule has 0 saturated carbocycles. The predicted octanol–water partition coefficient (Wildman–Crippen LogP) is 3.33. The highest BCUT2D eigenvalue weighted by atomic mass is 32.1. The van der Waals surface area contributed by atoms with E-state index in [1.807, 2.05) is 0 Å². The number of nitrogens with one attached hydrogen (secondary N) is 1. The summed E-state index contributed by atoms with van der Waals surface area (Å²) >= 11 is 4.20. The lowest BCUT2D eigenvalue weighted by molar-refractivity contribution is 0.592. The topological polar surface area (TPSA) is 12.0 Å². The number of hydrogen-bond acceptors (Lipinski definition) is 2. The van der Waals surface area contributed by atoms with Crippen LogP contribution in [0.4, 0.5) is 5.69 Å². The zero-order valence-corrected chi connectivity index (χ0v) is 10.1. The van der Waals surface area contributed by atoms with E-state index in [-0.39, 0.29) is 5.41 Å². The fourth-order valence-corrected chi connectivity index (χ4v) is 1.59. The van der Waals surface area contributed by atoms with Crippen LogP contribution in [0.1, 0.15) is 26.3 Å². The van der Waals surface area contributed by atoms with Crippen LogP contribution in [-0.2, 0) is 5.41 Å². The summed E-state index contributed by atoms with van der Waals surface area (Å²) in [5, 5.41) is 3.39. The van der Waals surface area contributed by atoms with Gasteiger partial charge in [0.05, 0.1) is 0 Å². The summed E-state index contributed by atoms with van der Waals surface area (Å²) in [5.41, 5.74) is 2.79. The highest BCUT2D eigenvalue weighted by Crippen LogP contribution is 2.28. The van der Waals surface area contributed by atoms with Gasteiger partial charge in [0.15, 0.2) is 0 Å². The molecular weight excluding hydrogens is 190 g/mol. The van der Waals surface area contributed by atoms with Crippen molar-refractivity contribution in [3.05, 3.63) is 29.8 Å². The first-order valence-corrected chi connectivity index (χ1v) is 5.63. The standard InChI is InChI=1S/C12H19NS/c1-12(2,3)10-6-4-5-7-11(10)13-8-9-14/h4-7,13-14H,8-9H2,1-3H3. The Morgan fingerprint density at radius 1 is 1.21 bits per heavy atom. The fraction of sp³-hybridized carbons (Fsp3) is 0.500. The lowest BCUT2D eigenvalue weighted by Gasteiger charge is -2.23. The monoisotopic (exact) mass is 209 g/mol. The Balaban J connectivity index is 2.92. The van der Waals surface area contributed by atoms with Gasteiger partial charge in [-0.15, -0.1) is 0 Å². The molecule has 1 nitrogen and oxygen atoms in total. The molecule has 0 unspecified atom stereocenters. The molecule has 0 aliphatic heterocycles. The van der Waals surface area contributed by atoms with Crippen LogP contribution in [0.15, 0.2) is 24.3 Å². The summed E-state index contributed by atoms with van der Waals surface area (Å²) in [6, 6.07) is 8.47. The van der Waals surface area contributed by atoms with E-state index in [2.05, 4.69) is 63.0 Å². The van der Waals surface area contributed by atoms with E-state index < -0.39 is 0 Å². The van der Waals surface area contributed by atoms with Crippen molar-refractivity contribution in [2.24, 2.45) is 0 Å². The van der Waals surface area contributed by atoms with Gasteiger partial charge >= 0.3 is 0 Å². The summed E-state index contributed by atoms with van der Waals surface area (Å²) in [5.74, 6) is 0.860. The minimum Gasteiger partial charge on any atom is -0.384 e. The molecule has 0 aromatic heterocycles. The maximum absolute atomic E-state index is 4.20. The van der Waals surface area contributed by atoms with Crippen molar-refractivity contribution in [3.63, 3.8) is 0 Å². The summed E-state index contributed by atoms with van der Waals surface area (Å²) in [4.78, 5) is 0. The molecule has 0 aliphatic rings. The highest BCUT2D eigenvalue weighted by molar-refractivity contribution is 7.80. The van der Waals surface area contributed by atoms with E-state index in [9.17, 15) is 0 Å². The van der Waals surface area contributed by atoms with E-state index in [0.717, 1.165) is 12.3 Å². The number of para-hydroxylation sites is 1. The summed E-state index contributed by atoms with van der Waals surface area (Å²) in [7, 11) is 0. The molecule has 14 heavy (non-hydrogen) atoms. The zero-order valence-electron chi connectivity index (χ0n) is 9.17. The van der Waals surface area contributed by atoms with Crippen molar-refractivity contribution in [3.8, 4) is 0 Å². The van der Waals surface area contributed by atoms with Gasteiger partial charge in [0.2, 0.25) is 0 Å². The number of hydrogen-bond donors (Lipinski definition) is 2. The molecule has 0 fully saturated rings. The molecule has 78 valence electrons. The van der Waals surface area contributed by atoms with Gasteiger partial charge in [0.1, 0.15) is 0 Å². The second-order valence-corrected chi connectivity index (χ2v) is 4.89. The minimum atomic E-state index is 0.195. The largest absolute Gasteiger partial charge is 0.384 e. The molecule has 0 radical (unpaired) electrons. The van der Waals surface area contributed by atoms with Crippen molar-refractivity contribution < 1.29 is 0 Å². The number of anilines is 1. The third-order valence-electron chi connectivity index (χ3n) is 2.16. The SMILES string of the molecule is CC(C)(C)c1ccccc1NCCS. The normalized spacial score (nSPS) is 11.4. The zero-order chi connectivity index (χ0) is 10.6. The van der Waals surface area contributed by atoms with Crippen LogP contribution in [0.3, 0.4) is 0 Å². The third-order valence-corrected chi connectivity index (χ3v) is 2.39. The summed E-state index contributed by atoms with van der Waals surface area (Å²) < 4.78 is 0. The first kappa shape index (κ1) is 11.4. The number of thiol groups is 1. The summed E-state index contributed by atoms with van der Waals surface area (Å²) in [6.45, 7) is 7.60. The van der Waals surface area contributed by atoms with Crippen molar-refractivity contribution in [1.29, 1.82) is 0 Å². The molecule has 1 N–H and O–H groups in total. The van der Waals surface area contributed by atoms with Gasteiger partial charge in [-0.05, 0) is 17.0 Å². The summed E-state index contributed by atoms with van der Waals surface area (Å²) in [6.07, 6.45) is 0. The quantitative estimate of drug-likeness (QED) is 0.728. The predicted molar refractivity (Wildman–Crippen MR) is 67.5 cm³/mol. The fourth-order valence-electron chi connectivity index (χ4n) is 1.48. The Morgan fingerprint density at radius 3 is 2.43 bits per heavy atom. The number of rotatable bonds is 3. The molecular formula is C12H19NS. The maximum atomic E-state index is 4.20. The molecule has 2 heteroatoms. The Labute approximate surface area is 92.3 Å². The van der Waals surface area contributed by atoms with Crippen molar-refractivity contribution >= 4 is 18.3 Å². The minimum absolute atomic E-state index is 0.195. The molecule has 0 aliphatic carbocycles. The Hall–Kier alpha value is -0.630. The van der Waals surface area contributed by atoms with Crippen molar-refractivity contribution in [1.82, 2.24) is 0 Å². The third kappa shape index (κ3) is 2.95. The molecule has 0 spiro atoms. The van der Waals surface area contributed by atoms with Gasteiger partial charge in [-0.1, -0.05) is 39.0 Å². The van der Waals surface area contributed by atoms with Crippen LogP contribution >= 0.6 is 12.6 Å². The second-order valence-electron chi connectivity index (χ2n) is 4.45. The Bertz CT molecular complexity index is 289. The lowest BCUT2D eigenvalue weighted by atomic mass is 9.86. The van der Waals surface area contributed by atoms with Crippen LogP contribution in [0.2, 0.25) is 0 Å². The van der Waals surface area contributed by atoms with E-state index in [1.54, 1.807) is 0 Å². The van der Waals surface area contributed by atoms with E-state index in [0.29, 0.717) is 0 Å². The molecule has 1 rings (SSSR count). The Morgan fingerprint density at radius 2 is 1.86 bits per heavy atom. The molecule has 0 heterocycles. The maximum Gasteiger partial charge on any atom is 0.0378 e. The van der Waals surface area contributed by atoms with Crippen LogP contribution < -0.4 is 5.32 Å². The molecule has 0 atom stereocenters. The highest BCUT2D eigenvalue weighted by Gasteiger charge is 2.16. The average Bonchev–Trinajstić information content (AvgIpc) is 2.14. The average molecular weight is 209 g/mol. The molecule has 1 aromatic rings. The first-order chi connectivity index (χ1) is 6.55. The van der Waals surface area contributed by atoms with Crippen molar-refractivity contribution in [2.75, 3.05) is 17.6 Å². The van der Waals surface area contributed by atoms with Gasteiger partial charge in [-0.3, -0.25) is 0 Å². The van der Waals surface area contributed by atoms with Gasteiger partial charge in [0, 0.05) is 18.0 Å². The smallest absolute Gasteiger partial charge is 0.0378 e. The van der Waals surface area contributed by atoms with E-state index in [4.69, 9.17) is 0 Å². The first-order valence-electron chi connectivity index (χ1n) is 5.00. The Kier molecular flexibility index (Phi) is 3.87.